The van der Waals surface area contributed by atoms with E-state index in [1.165, 1.54) is 18.4 Å². The highest BCUT2D eigenvalue weighted by Crippen LogP contribution is 2.06. The lowest BCUT2D eigenvalue weighted by molar-refractivity contribution is 0.0697. The van der Waals surface area contributed by atoms with Gasteiger partial charge in [-0.1, -0.05) is 26.0 Å². The Morgan fingerprint density at radius 2 is 1.61 bits per heavy atom. The molecule has 0 unspecified atom stereocenters. The van der Waals surface area contributed by atoms with Gasteiger partial charge in [0.05, 0.1) is 5.56 Å². The summed E-state index contributed by atoms with van der Waals surface area (Å²) in [6, 6.07) is 7.20. The average molecular weight is 249 g/mol. The monoisotopic (exact) mass is 249 g/mol. The van der Waals surface area contributed by atoms with E-state index in [0.29, 0.717) is 5.56 Å². The standard InChI is InChI=1S/C15H23NO2/c1-3-10-16(11-4-2)12-9-13-5-7-14(8-6-13)15(17)18/h5-8H,3-4,9-12H2,1-2H3,(H,17,18). The first kappa shape index (κ1) is 14.7. The van der Waals surface area contributed by atoms with E-state index < -0.39 is 5.97 Å². The van der Waals surface area contributed by atoms with Crippen molar-refractivity contribution in [2.75, 3.05) is 19.6 Å². The minimum atomic E-state index is -0.861. The fraction of sp³-hybridized carbons (Fsp3) is 0.533. The Balaban J connectivity index is 2.48. The van der Waals surface area contributed by atoms with Crippen LogP contribution in [0.4, 0.5) is 0 Å². The van der Waals surface area contributed by atoms with E-state index in [9.17, 15) is 4.79 Å². The van der Waals surface area contributed by atoms with E-state index in [1.54, 1.807) is 12.1 Å². The van der Waals surface area contributed by atoms with Crippen LogP contribution >= 0.6 is 0 Å². The summed E-state index contributed by atoms with van der Waals surface area (Å²) in [7, 11) is 0. The maximum atomic E-state index is 10.7. The second-order valence-electron chi connectivity index (χ2n) is 4.59. The Hall–Kier alpha value is -1.35. The van der Waals surface area contributed by atoms with Crippen LogP contribution in [0, 0.1) is 0 Å². The molecule has 0 atom stereocenters. The molecule has 0 aromatic heterocycles. The molecule has 0 fully saturated rings. The molecule has 0 heterocycles. The van der Waals surface area contributed by atoms with Crippen LogP contribution in [-0.2, 0) is 6.42 Å². The first-order valence-electron chi connectivity index (χ1n) is 6.72. The number of benzene rings is 1. The molecule has 0 radical (unpaired) electrons. The van der Waals surface area contributed by atoms with Gasteiger partial charge in [-0.2, -0.15) is 0 Å². The summed E-state index contributed by atoms with van der Waals surface area (Å²) in [6.45, 7) is 7.73. The van der Waals surface area contributed by atoms with Crippen LogP contribution in [0.3, 0.4) is 0 Å². The summed E-state index contributed by atoms with van der Waals surface area (Å²) in [5.74, 6) is -0.861. The highest BCUT2D eigenvalue weighted by molar-refractivity contribution is 5.87. The van der Waals surface area contributed by atoms with Gasteiger partial charge in [0.1, 0.15) is 0 Å². The molecular formula is C15H23NO2. The molecule has 1 aromatic carbocycles. The lowest BCUT2D eigenvalue weighted by Gasteiger charge is -2.20. The molecule has 0 amide bonds. The molecule has 3 heteroatoms. The average Bonchev–Trinajstić information content (AvgIpc) is 2.37. The Morgan fingerprint density at radius 3 is 2.06 bits per heavy atom. The molecule has 0 aliphatic carbocycles. The maximum Gasteiger partial charge on any atom is 0.335 e. The molecule has 18 heavy (non-hydrogen) atoms. The summed E-state index contributed by atoms with van der Waals surface area (Å²) in [5, 5.41) is 8.83. The molecule has 1 aromatic rings. The van der Waals surface area contributed by atoms with Crippen molar-refractivity contribution in [1.82, 2.24) is 4.90 Å². The normalized spacial score (nSPS) is 10.8. The van der Waals surface area contributed by atoms with Crippen LogP contribution in [0.1, 0.15) is 42.6 Å². The van der Waals surface area contributed by atoms with Crippen molar-refractivity contribution in [3.05, 3.63) is 35.4 Å². The Morgan fingerprint density at radius 1 is 1.06 bits per heavy atom. The van der Waals surface area contributed by atoms with Gasteiger partial charge in [-0.25, -0.2) is 4.79 Å². The van der Waals surface area contributed by atoms with Gasteiger partial charge in [0, 0.05) is 6.54 Å². The van der Waals surface area contributed by atoms with Gasteiger partial charge in [-0.05, 0) is 50.0 Å². The zero-order chi connectivity index (χ0) is 13.4. The fourth-order valence-electron chi connectivity index (χ4n) is 2.07. The van der Waals surface area contributed by atoms with Crippen LogP contribution in [0.15, 0.2) is 24.3 Å². The van der Waals surface area contributed by atoms with Crippen molar-refractivity contribution in [2.45, 2.75) is 33.1 Å². The topological polar surface area (TPSA) is 40.5 Å². The highest BCUT2D eigenvalue weighted by atomic mass is 16.4. The van der Waals surface area contributed by atoms with Crippen molar-refractivity contribution >= 4 is 5.97 Å². The zero-order valence-corrected chi connectivity index (χ0v) is 11.4. The number of carbonyl (C=O) groups is 1. The van der Waals surface area contributed by atoms with Crippen molar-refractivity contribution in [2.24, 2.45) is 0 Å². The van der Waals surface area contributed by atoms with E-state index in [0.717, 1.165) is 26.1 Å². The molecule has 0 bridgehead atoms. The SMILES string of the molecule is CCCN(CCC)CCc1ccc(C(=O)O)cc1. The first-order valence-corrected chi connectivity index (χ1v) is 6.72. The quantitative estimate of drug-likeness (QED) is 0.769. The van der Waals surface area contributed by atoms with Gasteiger partial charge in [0.15, 0.2) is 0 Å². The molecule has 1 N–H and O–H groups in total. The number of carboxylic acid groups (broad SMARTS) is 1. The van der Waals surface area contributed by atoms with E-state index >= 15 is 0 Å². The maximum absolute atomic E-state index is 10.7. The predicted molar refractivity (Wildman–Crippen MR) is 74.1 cm³/mol. The van der Waals surface area contributed by atoms with Crippen molar-refractivity contribution in [3.8, 4) is 0 Å². The number of rotatable bonds is 8. The van der Waals surface area contributed by atoms with E-state index in [4.69, 9.17) is 5.11 Å². The number of hydrogen-bond acceptors (Lipinski definition) is 2. The second kappa shape index (κ2) is 7.88. The molecule has 0 aliphatic rings. The highest BCUT2D eigenvalue weighted by Gasteiger charge is 2.04. The van der Waals surface area contributed by atoms with Gasteiger partial charge in [0.2, 0.25) is 0 Å². The second-order valence-corrected chi connectivity index (χ2v) is 4.59. The van der Waals surface area contributed by atoms with Gasteiger partial charge in [-0.15, -0.1) is 0 Å². The largest absolute Gasteiger partial charge is 0.478 e. The summed E-state index contributed by atoms with van der Waals surface area (Å²) in [5.41, 5.74) is 1.56. The summed E-state index contributed by atoms with van der Waals surface area (Å²) < 4.78 is 0. The molecule has 1 rings (SSSR count). The number of hydrogen-bond donors (Lipinski definition) is 1. The number of aromatic carboxylic acids is 1. The molecule has 0 spiro atoms. The molecule has 100 valence electrons. The Kier molecular flexibility index (Phi) is 6.44. The molecule has 0 aliphatic heterocycles. The third-order valence-corrected chi connectivity index (χ3v) is 3.00. The van der Waals surface area contributed by atoms with Crippen molar-refractivity contribution < 1.29 is 9.90 Å². The molecule has 3 nitrogen and oxygen atoms in total. The summed E-state index contributed by atoms with van der Waals surface area (Å²) >= 11 is 0. The van der Waals surface area contributed by atoms with E-state index in [2.05, 4.69) is 18.7 Å². The van der Waals surface area contributed by atoms with Crippen LogP contribution in [-0.4, -0.2) is 35.6 Å². The summed E-state index contributed by atoms with van der Waals surface area (Å²) in [4.78, 5) is 13.2. The molecular weight excluding hydrogens is 226 g/mol. The first-order chi connectivity index (χ1) is 8.67. The smallest absolute Gasteiger partial charge is 0.335 e. The van der Waals surface area contributed by atoms with E-state index in [-0.39, 0.29) is 0 Å². The van der Waals surface area contributed by atoms with Crippen LogP contribution in [0.2, 0.25) is 0 Å². The van der Waals surface area contributed by atoms with E-state index in [1.807, 2.05) is 12.1 Å². The Bertz CT molecular complexity index is 353. The van der Waals surface area contributed by atoms with Gasteiger partial charge < -0.3 is 10.0 Å². The van der Waals surface area contributed by atoms with Gasteiger partial charge in [-0.3, -0.25) is 0 Å². The Labute approximate surface area is 109 Å². The van der Waals surface area contributed by atoms with Crippen LogP contribution in [0.25, 0.3) is 0 Å². The lowest BCUT2D eigenvalue weighted by atomic mass is 10.1. The fourth-order valence-corrected chi connectivity index (χ4v) is 2.07. The molecule has 0 saturated heterocycles. The van der Waals surface area contributed by atoms with Crippen LogP contribution < -0.4 is 0 Å². The third kappa shape index (κ3) is 4.88. The summed E-state index contributed by atoms with van der Waals surface area (Å²) in [6.07, 6.45) is 3.34. The lowest BCUT2D eigenvalue weighted by Crippen LogP contribution is -2.27. The van der Waals surface area contributed by atoms with Crippen molar-refractivity contribution in [3.63, 3.8) is 0 Å². The van der Waals surface area contributed by atoms with Crippen molar-refractivity contribution in [1.29, 1.82) is 0 Å². The number of carboxylic acids is 1. The number of nitrogens with zero attached hydrogens (tertiary/aromatic N) is 1. The minimum Gasteiger partial charge on any atom is -0.478 e. The van der Waals surface area contributed by atoms with Crippen LogP contribution in [0.5, 0.6) is 0 Å². The van der Waals surface area contributed by atoms with Gasteiger partial charge in [0.25, 0.3) is 0 Å². The minimum absolute atomic E-state index is 0.359. The van der Waals surface area contributed by atoms with Gasteiger partial charge >= 0.3 is 5.97 Å². The third-order valence-electron chi connectivity index (χ3n) is 3.00. The molecule has 0 saturated carbocycles. The predicted octanol–water partition coefficient (Wildman–Crippen LogP) is 3.05. The zero-order valence-electron chi connectivity index (χ0n) is 11.4.